The van der Waals surface area contributed by atoms with Gasteiger partial charge in [-0.3, -0.25) is 18.7 Å². The number of benzene rings is 1. The second-order valence-corrected chi connectivity index (χ2v) is 7.62. The molecule has 1 saturated carbocycles. The Morgan fingerprint density at radius 1 is 1.03 bits per heavy atom. The molecule has 0 aliphatic heterocycles. The summed E-state index contributed by atoms with van der Waals surface area (Å²) in [5.74, 6) is 0.220. The Morgan fingerprint density at radius 2 is 1.84 bits per heavy atom. The molecule has 6 rings (SSSR count). The first-order chi connectivity index (χ1) is 15.3. The Labute approximate surface area is 175 Å². The number of imidazole rings is 1. The monoisotopic (exact) mass is 408 g/mol. The van der Waals surface area contributed by atoms with Gasteiger partial charge in [-0.1, -0.05) is 23.4 Å². The fourth-order valence-electron chi connectivity index (χ4n) is 4.11. The van der Waals surface area contributed by atoms with Crippen LogP contribution in [0.2, 0.25) is 0 Å². The van der Waals surface area contributed by atoms with Crippen molar-refractivity contribution in [2.75, 3.05) is 0 Å². The Morgan fingerprint density at radius 3 is 2.58 bits per heavy atom. The van der Waals surface area contributed by atoms with Crippen LogP contribution in [-0.4, -0.2) is 33.9 Å². The van der Waals surface area contributed by atoms with Gasteiger partial charge in [-0.05, 0) is 37.1 Å². The van der Waals surface area contributed by atoms with Gasteiger partial charge in [-0.2, -0.15) is 5.26 Å². The smallest absolute Gasteiger partial charge is 0.278 e. The predicted molar refractivity (Wildman–Crippen MR) is 112 cm³/mol. The number of fused-ring (bicyclic) bond motifs is 3. The normalized spacial score (nSPS) is 13.6. The fourth-order valence-corrected chi connectivity index (χ4v) is 4.11. The van der Waals surface area contributed by atoms with E-state index in [9.17, 15) is 10.1 Å². The summed E-state index contributed by atoms with van der Waals surface area (Å²) in [6, 6.07) is 13.4. The Bertz CT molecular complexity index is 1550. The lowest BCUT2D eigenvalue weighted by Crippen LogP contribution is -2.24. The second kappa shape index (κ2) is 6.60. The predicted octanol–water partition coefficient (Wildman–Crippen LogP) is 2.56. The maximum atomic E-state index is 13.7. The van der Waals surface area contributed by atoms with Crippen LogP contribution in [0, 0.1) is 11.5 Å². The molecule has 4 aromatic heterocycles. The molecular formula is C22H16N8O. The van der Waals surface area contributed by atoms with Gasteiger partial charge in [0.2, 0.25) is 6.19 Å². The van der Waals surface area contributed by atoms with Gasteiger partial charge in [0.25, 0.3) is 5.56 Å². The molecule has 0 spiro atoms. The van der Waals surface area contributed by atoms with E-state index >= 15 is 0 Å². The lowest BCUT2D eigenvalue weighted by atomic mass is 10.1. The second-order valence-electron chi connectivity index (χ2n) is 7.62. The molecule has 5 aromatic rings. The van der Waals surface area contributed by atoms with Crippen LogP contribution in [0.1, 0.15) is 30.1 Å². The summed E-state index contributed by atoms with van der Waals surface area (Å²) in [5, 5.41) is 17.6. The van der Waals surface area contributed by atoms with Crippen molar-refractivity contribution in [3.63, 3.8) is 0 Å². The minimum absolute atomic E-state index is 0.190. The maximum Gasteiger partial charge on any atom is 0.278 e. The van der Waals surface area contributed by atoms with Gasteiger partial charge >= 0.3 is 0 Å². The lowest BCUT2D eigenvalue weighted by molar-refractivity contribution is 0.770. The van der Waals surface area contributed by atoms with Crippen molar-refractivity contribution in [1.29, 1.82) is 5.26 Å². The van der Waals surface area contributed by atoms with Crippen LogP contribution in [0.5, 0.6) is 0 Å². The van der Waals surface area contributed by atoms with Crippen LogP contribution in [0.3, 0.4) is 0 Å². The van der Waals surface area contributed by atoms with Crippen molar-refractivity contribution in [1.82, 2.24) is 33.9 Å². The fraction of sp³-hybridized carbons (Fsp3) is 0.182. The average molecular weight is 408 g/mol. The maximum absolute atomic E-state index is 13.7. The van der Waals surface area contributed by atoms with Gasteiger partial charge in [0.05, 0.1) is 29.0 Å². The molecule has 31 heavy (non-hydrogen) atoms. The van der Waals surface area contributed by atoms with Crippen molar-refractivity contribution in [2.45, 2.75) is 25.3 Å². The lowest BCUT2D eigenvalue weighted by Gasteiger charge is -2.12. The number of rotatable bonds is 4. The van der Waals surface area contributed by atoms with Gasteiger partial charge in [-0.25, -0.2) is 4.98 Å². The zero-order valence-electron chi connectivity index (χ0n) is 16.4. The summed E-state index contributed by atoms with van der Waals surface area (Å²) >= 11 is 0. The van der Waals surface area contributed by atoms with Crippen LogP contribution in [0.15, 0.2) is 59.8 Å². The summed E-state index contributed by atoms with van der Waals surface area (Å²) in [6.07, 6.45) is 7.35. The average Bonchev–Trinajstić information content (AvgIpc) is 3.40. The summed E-state index contributed by atoms with van der Waals surface area (Å²) in [6.45, 7) is 0.335. The quantitative estimate of drug-likeness (QED) is 0.452. The molecule has 0 N–H and O–H groups in total. The molecule has 0 unspecified atom stereocenters. The third kappa shape index (κ3) is 2.65. The van der Waals surface area contributed by atoms with E-state index in [-0.39, 0.29) is 11.5 Å². The van der Waals surface area contributed by atoms with E-state index in [0.29, 0.717) is 23.4 Å². The van der Waals surface area contributed by atoms with Gasteiger partial charge in [0, 0.05) is 12.1 Å². The van der Waals surface area contributed by atoms with Crippen molar-refractivity contribution in [3.05, 3.63) is 76.7 Å². The molecule has 0 atom stereocenters. The zero-order valence-corrected chi connectivity index (χ0v) is 16.4. The Balaban J connectivity index is 1.66. The highest BCUT2D eigenvalue weighted by Gasteiger charge is 2.34. The highest BCUT2D eigenvalue weighted by atomic mass is 16.1. The molecule has 150 valence electrons. The molecule has 0 radical (unpaired) electrons. The third-order valence-corrected chi connectivity index (χ3v) is 5.68. The molecule has 1 aliphatic rings. The van der Waals surface area contributed by atoms with Gasteiger partial charge in [-0.15, -0.1) is 9.78 Å². The van der Waals surface area contributed by atoms with Crippen LogP contribution in [-0.2, 0) is 6.54 Å². The molecular weight excluding hydrogens is 392 g/mol. The van der Waals surface area contributed by atoms with Crippen molar-refractivity contribution >= 4 is 16.6 Å². The number of nitrogens with zero attached hydrogens (tertiary/aromatic N) is 8. The molecule has 9 heteroatoms. The summed E-state index contributed by atoms with van der Waals surface area (Å²) < 4.78 is 4.75. The summed E-state index contributed by atoms with van der Waals surface area (Å²) in [5.41, 5.74) is 4.34. The first-order valence-electron chi connectivity index (χ1n) is 10.0. The van der Waals surface area contributed by atoms with Crippen LogP contribution < -0.4 is 5.56 Å². The number of hydrogen-bond donors (Lipinski definition) is 0. The molecule has 1 aliphatic carbocycles. The Hall–Kier alpha value is -4.32. The number of hydrogen-bond acceptors (Lipinski definition) is 6. The SMILES string of the molecule is N#Cn1nnc(-c2ncn3c2c(=O)n(Cc2ccccn2)c2ccccc23)c1C1CC1. The number of pyridine rings is 1. The number of nitriles is 1. The van der Waals surface area contributed by atoms with Gasteiger partial charge < -0.3 is 0 Å². The summed E-state index contributed by atoms with van der Waals surface area (Å²) in [4.78, 5) is 22.7. The molecule has 1 aromatic carbocycles. The van der Waals surface area contributed by atoms with Crippen LogP contribution in [0.4, 0.5) is 0 Å². The van der Waals surface area contributed by atoms with Crippen molar-refractivity contribution < 1.29 is 0 Å². The van der Waals surface area contributed by atoms with E-state index in [2.05, 4.69) is 26.5 Å². The van der Waals surface area contributed by atoms with Gasteiger partial charge in [0.1, 0.15) is 23.2 Å². The van der Waals surface area contributed by atoms with E-state index in [4.69, 9.17) is 0 Å². The third-order valence-electron chi connectivity index (χ3n) is 5.68. The summed E-state index contributed by atoms with van der Waals surface area (Å²) in [7, 11) is 0. The van der Waals surface area contributed by atoms with E-state index < -0.39 is 0 Å². The Kier molecular flexibility index (Phi) is 3.73. The standard InChI is InChI=1S/C22H16N8O/c23-12-30-20(14-8-9-14)19(26-27-30)18-21-22(31)28(11-15-5-3-4-10-24-15)16-6-1-2-7-17(16)29(21)13-25-18/h1-7,10,13-14H,8-9,11H2. The number of aromatic nitrogens is 7. The molecule has 9 nitrogen and oxygen atoms in total. The topological polar surface area (TPSA) is 107 Å². The number of para-hydroxylation sites is 2. The van der Waals surface area contributed by atoms with Crippen molar-refractivity contribution in [3.8, 4) is 17.6 Å². The molecule has 1 fully saturated rings. The highest BCUT2D eigenvalue weighted by molar-refractivity contribution is 5.85. The molecule has 4 heterocycles. The van der Waals surface area contributed by atoms with Crippen LogP contribution in [0.25, 0.3) is 27.9 Å². The van der Waals surface area contributed by atoms with E-state index in [1.54, 1.807) is 21.5 Å². The minimum atomic E-state index is -0.190. The zero-order chi connectivity index (χ0) is 20.9. The van der Waals surface area contributed by atoms with E-state index in [1.165, 1.54) is 4.68 Å². The van der Waals surface area contributed by atoms with Gasteiger partial charge in [0.15, 0.2) is 0 Å². The first-order valence-corrected chi connectivity index (χ1v) is 10.0. The largest absolute Gasteiger partial charge is 0.299 e. The minimum Gasteiger partial charge on any atom is -0.299 e. The highest BCUT2D eigenvalue weighted by Crippen LogP contribution is 2.43. The van der Waals surface area contributed by atoms with Crippen LogP contribution >= 0.6 is 0 Å². The molecule has 0 saturated heterocycles. The van der Waals surface area contributed by atoms with E-state index in [1.807, 2.05) is 42.5 Å². The first kappa shape index (κ1) is 17.5. The van der Waals surface area contributed by atoms with E-state index in [0.717, 1.165) is 35.3 Å². The van der Waals surface area contributed by atoms with Crippen molar-refractivity contribution in [2.24, 2.45) is 0 Å². The molecule has 0 amide bonds. The molecule has 0 bridgehead atoms.